The molecule has 0 saturated heterocycles. The molecule has 1 heterocycles. The first kappa shape index (κ1) is 13.5. The molecule has 1 aliphatic heterocycles. The molecule has 2 aliphatic rings. The van der Waals surface area contributed by atoms with Gasteiger partial charge >= 0.3 is 0 Å². The highest BCUT2D eigenvalue weighted by atomic mass is 16.5. The number of fused-ring (bicyclic) bond motifs is 3. The normalized spacial score (nSPS) is 27.1. The molecule has 2 heteroatoms. The van der Waals surface area contributed by atoms with Gasteiger partial charge < -0.3 is 9.84 Å². The molecule has 0 fully saturated rings. The third kappa shape index (κ3) is 2.02. The Morgan fingerprint density at radius 1 is 1.35 bits per heavy atom. The van der Waals surface area contributed by atoms with E-state index in [4.69, 9.17) is 4.74 Å². The van der Waals surface area contributed by atoms with Crippen LogP contribution in [-0.2, 0) is 6.42 Å². The summed E-state index contributed by atoms with van der Waals surface area (Å²) >= 11 is 0. The van der Waals surface area contributed by atoms with Crippen LogP contribution in [0.25, 0.3) is 0 Å². The Hall–Kier alpha value is -1.44. The molecule has 2 atom stereocenters. The van der Waals surface area contributed by atoms with E-state index < -0.39 is 0 Å². The van der Waals surface area contributed by atoms with Gasteiger partial charge in [0.15, 0.2) is 0 Å². The van der Waals surface area contributed by atoms with Gasteiger partial charge in [0.2, 0.25) is 0 Å². The van der Waals surface area contributed by atoms with Crippen LogP contribution in [0, 0.1) is 5.92 Å². The fraction of sp³-hybridized carbons (Fsp3) is 0.556. The van der Waals surface area contributed by atoms with Gasteiger partial charge in [-0.2, -0.15) is 0 Å². The molecule has 0 spiro atoms. The standard InChI is InChI=1S/C18H24O2/c1-5-12-9-15(19)17-13-8-11(2)6-7-14(13)18(3,4)20-16(17)10-12/h6,9-10,13-14,19H,5,7-8H2,1-4H3. The fourth-order valence-electron chi connectivity index (χ4n) is 3.82. The Kier molecular flexibility index (Phi) is 3.07. The van der Waals surface area contributed by atoms with E-state index in [1.165, 1.54) is 5.57 Å². The van der Waals surface area contributed by atoms with Gasteiger partial charge in [-0.25, -0.2) is 0 Å². The molecule has 1 aromatic rings. The van der Waals surface area contributed by atoms with Gasteiger partial charge in [-0.15, -0.1) is 0 Å². The zero-order valence-corrected chi connectivity index (χ0v) is 12.9. The number of aryl methyl sites for hydroxylation is 1. The summed E-state index contributed by atoms with van der Waals surface area (Å²) in [4.78, 5) is 0. The summed E-state index contributed by atoms with van der Waals surface area (Å²) in [6.45, 7) is 8.65. The lowest BCUT2D eigenvalue weighted by atomic mass is 9.67. The van der Waals surface area contributed by atoms with Gasteiger partial charge in [0.05, 0.1) is 0 Å². The van der Waals surface area contributed by atoms with Gasteiger partial charge in [0, 0.05) is 17.4 Å². The van der Waals surface area contributed by atoms with E-state index in [1.54, 1.807) is 0 Å². The fourth-order valence-corrected chi connectivity index (χ4v) is 3.82. The zero-order valence-electron chi connectivity index (χ0n) is 12.9. The Morgan fingerprint density at radius 3 is 2.80 bits per heavy atom. The van der Waals surface area contributed by atoms with E-state index in [9.17, 15) is 5.11 Å². The van der Waals surface area contributed by atoms with Crippen LogP contribution in [0.4, 0.5) is 0 Å². The second-order valence-electron chi connectivity index (χ2n) is 6.79. The predicted molar refractivity (Wildman–Crippen MR) is 81.4 cm³/mol. The van der Waals surface area contributed by atoms with Crippen molar-refractivity contribution in [3.05, 3.63) is 34.9 Å². The summed E-state index contributed by atoms with van der Waals surface area (Å²) in [6.07, 6.45) is 5.31. The third-order valence-corrected chi connectivity index (χ3v) is 4.97. The van der Waals surface area contributed by atoms with Gasteiger partial charge in [-0.3, -0.25) is 0 Å². The second kappa shape index (κ2) is 4.54. The molecule has 1 aliphatic carbocycles. The maximum atomic E-state index is 10.5. The average molecular weight is 272 g/mol. The first-order valence-electron chi connectivity index (χ1n) is 7.62. The minimum absolute atomic E-state index is 0.173. The minimum atomic E-state index is -0.173. The van der Waals surface area contributed by atoms with Crippen LogP contribution in [0.15, 0.2) is 23.8 Å². The highest BCUT2D eigenvalue weighted by Crippen LogP contribution is 2.54. The molecular formula is C18H24O2. The number of aromatic hydroxyl groups is 1. The molecule has 2 unspecified atom stereocenters. The molecule has 0 radical (unpaired) electrons. The topological polar surface area (TPSA) is 29.5 Å². The van der Waals surface area contributed by atoms with Crippen LogP contribution in [0.3, 0.4) is 0 Å². The molecule has 2 nitrogen and oxygen atoms in total. The minimum Gasteiger partial charge on any atom is -0.508 e. The Morgan fingerprint density at radius 2 is 2.10 bits per heavy atom. The smallest absolute Gasteiger partial charge is 0.127 e. The van der Waals surface area contributed by atoms with Crippen LogP contribution < -0.4 is 4.74 Å². The van der Waals surface area contributed by atoms with E-state index in [0.717, 1.165) is 36.1 Å². The molecule has 3 rings (SSSR count). The van der Waals surface area contributed by atoms with E-state index in [1.807, 2.05) is 6.07 Å². The summed E-state index contributed by atoms with van der Waals surface area (Å²) in [5, 5.41) is 10.5. The van der Waals surface area contributed by atoms with Crippen molar-refractivity contribution in [2.75, 3.05) is 0 Å². The monoisotopic (exact) mass is 272 g/mol. The Balaban J connectivity index is 2.15. The van der Waals surface area contributed by atoms with Crippen molar-refractivity contribution in [1.29, 1.82) is 0 Å². The van der Waals surface area contributed by atoms with Crippen LogP contribution >= 0.6 is 0 Å². The molecule has 0 aromatic heterocycles. The molecule has 0 bridgehead atoms. The first-order valence-corrected chi connectivity index (χ1v) is 7.62. The number of ether oxygens (including phenoxy) is 1. The molecule has 1 aromatic carbocycles. The van der Waals surface area contributed by atoms with Crippen LogP contribution in [0.1, 0.15) is 57.6 Å². The number of benzene rings is 1. The molecule has 0 amide bonds. The van der Waals surface area contributed by atoms with Gasteiger partial charge in [0.1, 0.15) is 17.1 Å². The number of rotatable bonds is 1. The zero-order chi connectivity index (χ0) is 14.5. The van der Waals surface area contributed by atoms with Gasteiger partial charge in [0.25, 0.3) is 0 Å². The number of hydrogen-bond acceptors (Lipinski definition) is 2. The Labute approximate surface area is 121 Å². The molecule has 20 heavy (non-hydrogen) atoms. The summed E-state index contributed by atoms with van der Waals surface area (Å²) in [5.74, 6) is 2.13. The molecule has 0 saturated carbocycles. The molecule has 1 N–H and O–H groups in total. The first-order chi connectivity index (χ1) is 9.42. The Bertz CT molecular complexity index is 569. The van der Waals surface area contributed by atoms with Gasteiger partial charge in [-0.05, 0) is 57.7 Å². The van der Waals surface area contributed by atoms with Crippen molar-refractivity contribution >= 4 is 0 Å². The lowest BCUT2D eigenvalue weighted by molar-refractivity contribution is 0.00753. The summed E-state index contributed by atoms with van der Waals surface area (Å²) in [5.41, 5.74) is 3.42. The predicted octanol–water partition coefficient (Wildman–Crippen LogP) is 4.57. The number of phenolic OH excluding ortho intramolecular Hbond substituents is 1. The van der Waals surface area contributed by atoms with Crippen LogP contribution in [0.5, 0.6) is 11.5 Å². The van der Waals surface area contributed by atoms with E-state index in [-0.39, 0.29) is 5.60 Å². The SMILES string of the molecule is CCc1cc(O)c2c(c1)OC(C)(C)C1CC=C(C)CC21. The van der Waals surface area contributed by atoms with Gasteiger partial charge in [-0.1, -0.05) is 18.6 Å². The lowest BCUT2D eigenvalue weighted by Crippen LogP contribution is -2.45. The van der Waals surface area contributed by atoms with Crippen molar-refractivity contribution in [3.8, 4) is 11.5 Å². The van der Waals surface area contributed by atoms with E-state index in [0.29, 0.717) is 17.6 Å². The second-order valence-corrected chi connectivity index (χ2v) is 6.79. The summed E-state index contributed by atoms with van der Waals surface area (Å²) < 4.78 is 6.26. The third-order valence-electron chi connectivity index (χ3n) is 4.97. The molecule has 108 valence electrons. The number of phenols is 1. The van der Waals surface area contributed by atoms with E-state index in [2.05, 4.69) is 39.8 Å². The van der Waals surface area contributed by atoms with Crippen LogP contribution in [0.2, 0.25) is 0 Å². The molecular weight excluding hydrogens is 248 g/mol. The lowest BCUT2D eigenvalue weighted by Gasteiger charge is -2.47. The van der Waals surface area contributed by atoms with Crippen molar-refractivity contribution in [3.63, 3.8) is 0 Å². The largest absolute Gasteiger partial charge is 0.508 e. The number of allylic oxidation sites excluding steroid dienone is 2. The van der Waals surface area contributed by atoms with Crippen molar-refractivity contribution < 1.29 is 9.84 Å². The quantitative estimate of drug-likeness (QED) is 0.759. The maximum absolute atomic E-state index is 10.5. The highest BCUT2D eigenvalue weighted by Gasteiger charge is 2.45. The van der Waals surface area contributed by atoms with Crippen molar-refractivity contribution in [2.45, 2.75) is 58.5 Å². The summed E-state index contributed by atoms with van der Waals surface area (Å²) in [6, 6.07) is 4.02. The van der Waals surface area contributed by atoms with Crippen LogP contribution in [-0.4, -0.2) is 10.7 Å². The average Bonchev–Trinajstić information content (AvgIpc) is 2.36. The highest BCUT2D eigenvalue weighted by molar-refractivity contribution is 5.52. The summed E-state index contributed by atoms with van der Waals surface area (Å²) in [7, 11) is 0. The van der Waals surface area contributed by atoms with E-state index >= 15 is 0 Å². The number of hydrogen-bond donors (Lipinski definition) is 1. The maximum Gasteiger partial charge on any atom is 0.127 e. The van der Waals surface area contributed by atoms with Crippen molar-refractivity contribution in [1.82, 2.24) is 0 Å². The van der Waals surface area contributed by atoms with Crippen molar-refractivity contribution in [2.24, 2.45) is 5.92 Å².